The Labute approximate surface area is 157 Å². The van der Waals surface area contributed by atoms with E-state index in [1.54, 1.807) is 6.07 Å². The summed E-state index contributed by atoms with van der Waals surface area (Å²) in [7, 11) is -1.04. The third kappa shape index (κ3) is 3.30. The van der Waals surface area contributed by atoms with Gasteiger partial charge in [-0.15, -0.1) is 0 Å². The van der Waals surface area contributed by atoms with Crippen LogP contribution in [0.25, 0.3) is 0 Å². The topological polar surface area (TPSA) is 66.9 Å². The number of nitrogens with zero attached hydrogens (tertiary/aromatic N) is 2. The van der Waals surface area contributed by atoms with Crippen LogP contribution in [-0.2, 0) is 21.3 Å². The zero-order valence-corrected chi connectivity index (χ0v) is 16.0. The molecular weight excluding hydrogens is 376 g/mol. The number of hydroxylamine groups is 2. The highest BCUT2D eigenvalue weighted by Gasteiger charge is 2.30. The molecule has 1 heterocycles. The molecule has 0 aromatic heterocycles. The fourth-order valence-electron chi connectivity index (χ4n) is 2.96. The van der Waals surface area contributed by atoms with Gasteiger partial charge in [-0.25, -0.2) is 13.5 Å². The van der Waals surface area contributed by atoms with E-state index < -0.39 is 15.9 Å². The minimum atomic E-state index is -3.82. The molecule has 8 heteroatoms. The first kappa shape index (κ1) is 18.7. The van der Waals surface area contributed by atoms with Crippen LogP contribution in [0.15, 0.2) is 47.4 Å². The highest BCUT2D eigenvalue weighted by Crippen LogP contribution is 2.33. The monoisotopic (exact) mass is 394 g/mol. The van der Waals surface area contributed by atoms with Gasteiger partial charge in [0.2, 0.25) is 0 Å². The second-order valence-electron chi connectivity index (χ2n) is 5.94. The van der Waals surface area contributed by atoms with E-state index in [0.717, 1.165) is 23.5 Å². The number of fused-ring (bicyclic) bond motifs is 1. The number of carbonyl (C=O) groups excluding carboxylic acids is 1. The molecule has 0 aliphatic carbocycles. The summed E-state index contributed by atoms with van der Waals surface area (Å²) in [6.07, 6.45) is 1.58. The number of carbonyl (C=O) groups is 1. The van der Waals surface area contributed by atoms with Crippen molar-refractivity contribution in [3.63, 3.8) is 0 Å². The van der Waals surface area contributed by atoms with Crippen molar-refractivity contribution in [2.24, 2.45) is 0 Å². The van der Waals surface area contributed by atoms with E-state index >= 15 is 0 Å². The van der Waals surface area contributed by atoms with Gasteiger partial charge >= 0.3 is 0 Å². The Bertz CT molecular complexity index is 946. The Kier molecular flexibility index (Phi) is 5.22. The van der Waals surface area contributed by atoms with Gasteiger partial charge in [0, 0.05) is 13.6 Å². The molecule has 0 fully saturated rings. The lowest BCUT2D eigenvalue weighted by molar-refractivity contribution is -0.0757. The van der Waals surface area contributed by atoms with E-state index in [-0.39, 0.29) is 15.5 Å². The van der Waals surface area contributed by atoms with Crippen LogP contribution in [-0.4, -0.2) is 40.1 Å². The summed E-state index contributed by atoms with van der Waals surface area (Å²) in [6, 6.07) is 11.6. The molecule has 0 N–H and O–H groups in total. The number of para-hydroxylation sites is 1. The van der Waals surface area contributed by atoms with Gasteiger partial charge in [0.25, 0.3) is 15.9 Å². The first-order valence-corrected chi connectivity index (χ1v) is 9.90. The first-order chi connectivity index (χ1) is 12.4. The van der Waals surface area contributed by atoms with E-state index in [9.17, 15) is 13.2 Å². The number of anilines is 1. The lowest BCUT2D eigenvalue weighted by atomic mass is 10.0. The third-order valence-electron chi connectivity index (χ3n) is 4.38. The summed E-state index contributed by atoms with van der Waals surface area (Å²) < 4.78 is 27.8. The number of halogens is 1. The Balaban J connectivity index is 2.05. The van der Waals surface area contributed by atoms with Gasteiger partial charge in [0.1, 0.15) is 0 Å². The molecule has 26 heavy (non-hydrogen) atoms. The zero-order chi connectivity index (χ0) is 18.9. The highest BCUT2D eigenvalue weighted by molar-refractivity contribution is 7.92. The number of amides is 1. The van der Waals surface area contributed by atoms with Gasteiger partial charge in [-0.2, -0.15) is 0 Å². The van der Waals surface area contributed by atoms with Crippen LogP contribution in [0.4, 0.5) is 5.69 Å². The third-order valence-corrected chi connectivity index (χ3v) is 6.52. The largest absolute Gasteiger partial charge is 0.278 e. The number of hydrogen-bond acceptors (Lipinski definition) is 4. The van der Waals surface area contributed by atoms with Crippen LogP contribution in [0.5, 0.6) is 0 Å². The molecule has 3 rings (SSSR count). The second-order valence-corrected chi connectivity index (χ2v) is 8.21. The van der Waals surface area contributed by atoms with Crippen molar-refractivity contribution in [3.05, 3.63) is 58.6 Å². The van der Waals surface area contributed by atoms with E-state index in [1.807, 2.05) is 18.2 Å². The number of aryl methyl sites for hydroxylation is 1. The standard InChI is InChI=1S/C18H19ClN2O4S/c1-20(25-2)18(22)15-12-14(9-10-16(15)19)26(23,24)21-11-5-7-13-6-3-4-8-17(13)21/h3-4,6,8-10,12H,5,7,11H2,1-2H3. The molecule has 1 amide bonds. The van der Waals surface area contributed by atoms with E-state index in [1.165, 1.54) is 36.7 Å². The van der Waals surface area contributed by atoms with Crippen molar-refractivity contribution in [1.29, 1.82) is 0 Å². The molecule has 138 valence electrons. The normalized spacial score (nSPS) is 14.0. The quantitative estimate of drug-likeness (QED) is 0.747. The highest BCUT2D eigenvalue weighted by atomic mass is 35.5. The average molecular weight is 395 g/mol. The van der Waals surface area contributed by atoms with E-state index in [2.05, 4.69) is 0 Å². The summed E-state index contributed by atoms with van der Waals surface area (Å²) in [5, 5.41) is 1.16. The number of sulfonamides is 1. The molecule has 0 radical (unpaired) electrons. The van der Waals surface area contributed by atoms with E-state index in [4.69, 9.17) is 16.4 Å². The van der Waals surface area contributed by atoms with Crippen LogP contribution < -0.4 is 4.31 Å². The summed E-state index contributed by atoms with van der Waals surface area (Å²) in [4.78, 5) is 17.3. The first-order valence-electron chi connectivity index (χ1n) is 8.08. The SMILES string of the molecule is CON(C)C(=O)c1cc(S(=O)(=O)N2CCCc3ccccc32)ccc1Cl. The Morgan fingerprint density at radius 1 is 1.23 bits per heavy atom. The Hall–Kier alpha value is -2.09. The molecule has 0 saturated heterocycles. The molecule has 2 aromatic carbocycles. The summed E-state index contributed by atoms with van der Waals surface area (Å²) in [6.45, 7) is 0.392. The smallest absolute Gasteiger partial charge is 0.274 e. The van der Waals surface area contributed by atoms with Gasteiger partial charge < -0.3 is 0 Å². The molecule has 1 aliphatic rings. The predicted octanol–water partition coefficient (Wildman–Crippen LogP) is 3.11. The molecule has 1 aliphatic heterocycles. The fraction of sp³-hybridized carbons (Fsp3) is 0.278. The Morgan fingerprint density at radius 3 is 2.69 bits per heavy atom. The maximum atomic E-state index is 13.2. The van der Waals surface area contributed by atoms with Gasteiger partial charge in [-0.1, -0.05) is 29.8 Å². The van der Waals surface area contributed by atoms with Gasteiger partial charge in [-0.3, -0.25) is 13.9 Å². The minimum absolute atomic E-state index is 0.0199. The van der Waals surface area contributed by atoms with Crippen molar-refractivity contribution >= 4 is 33.2 Å². The molecule has 0 spiro atoms. The van der Waals surface area contributed by atoms with Crippen LogP contribution in [0, 0.1) is 0 Å². The predicted molar refractivity (Wildman–Crippen MR) is 99.8 cm³/mol. The van der Waals surface area contributed by atoms with Crippen molar-refractivity contribution < 1.29 is 18.0 Å². The molecule has 0 unspecified atom stereocenters. The molecule has 0 saturated carbocycles. The maximum absolute atomic E-state index is 13.2. The van der Waals surface area contributed by atoms with Crippen molar-refractivity contribution in [1.82, 2.24) is 5.06 Å². The number of rotatable bonds is 4. The number of benzene rings is 2. The summed E-state index contributed by atoms with van der Waals surface area (Å²) in [5.74, 6) is -0.520. The molecule has 0 atom stereocenters. The van der Waals surface area contributed by atoms with Gasteiger partial charge in [-0.05, 0) is 42.7 Å². The summed E-state index contributed by atoms with van der Waals surface area (Å²) in [5.41, 5.74) is 1.74. The van der Waals surface area contributed by atoms with Crippen molar-refractivity contribution in [2.75, 3.05) is 25.0 Å². The van der Waals surface area contributed by atoms with Crippen LogP contribution in [0.1, 0.15) is 22.3 Å². The molecular formula is C18H19ClN2O4S. The summed E-state index contributed by atoms with van der Waals surface area (Å²) >= 11 is 6.10. The molecule has 2 aromatic rings. The maximum Gasteiger partial charge on any atom is 0.278 e. The fourth-order valence-corrected chi connectivity index (χ4v) is 4.72. The van der Waals surface area contributed by atoms with Crippen LogP contribution in [0.2, 0.25) is 5.02 Å². The number of hydrogen-bond donors (Lipinski definition) is 0. The zero-order valence-electron chi connectivity index (χ0n) is 14.5. The van der Waals surface area contributed by atoms with Crippen molar-refractivity contribution in [2.45, 2.75) is 17.7 Å². The molecule has 0 bridgehead atoms. The second kappa shape index (κ2) is 7.26. The van der Waals surface area contributed by atoms with Gasteiger partial charge in [0.15, 0.2) is 0 Å². The lowest BCUT2D eigenvalue weighted by Crippen LogP contribution is -2.35. The van der Waals surface area contributed by atoms with Crippen molar-refractivity contribution in [3.8, 4) is 0 Å². The Morgan fingerprint density at radius 2 is 1.96 bits per heavy atom. The average Bonchev–Trinajstić information content (AvgIpc) is 2.66. The van der Waals surface area contributed by atoms with Crippen LogP contribution >= 0.6 is 11.6 Å². The molecule has 6 nitrogen and oxygen atoms in total. The minimum Gasteiger partial charge on any atom is -0.274 e. The lowest BCUT2D eigenvalue weighted by Gasteiger charge is -2.30. The van der Waals surface area contributed by atoms with E-state index in [0.29, 0.717) is 12.2 Å². The van der Waals surface area contributed by atoms with Gasteiger partial charge in [0.05, 0.1) is 28.3 Å². The van der Waals surface area contributed by atoms with Crippen LogP contribution in [0.3, 0.4) is 0 Å².